The highest BCUT2D eigenvalue weighted by Gasteiger charge is 2.19. The third-order valence-electron chi connectivity index (χ3n) is 7.93. The van der Waals surface area contributed by atoms with Crippen LogP contribution in [0, 0.1) is 10.8 Å². The highest BCUT2D eigenvalue weighted by Crippen LogP contribution is 2.34. The van der Waals surface area contributed by atoms with Crippen molar-refractivity contribution >= 4 is 43.1 Å². The molecule has 2 N–H and O–H groups in total. The molecule has 6 nitrogen and oxygen atoms in total. The molecule has 4 aromatic heterocycles. The fourth-order valence-corrected chi connectivity index (χ4v) is 8.28. The Labute approximate surface area is 237 Å². The largest absolute Gasteiger partial charge is 0.317 e. The summed E-state index contributed by atoms with van der Waals surface area (Å²) in [6, 6.07) is 10.3. The lowest BCUT2D eigenvalue weighted by Crippen LogP contribution is -2.21. The van der Waals surface area contributed by atoms with E-state index in [0.29, 0.717) is 17.5 Å². The standard InChI is InChI=1S/C17H17N3S.C14H19N3S/c18-16-15-13-8-4-5-9-14(13)21-17(15)19-11-20(16)10-12-6-2-1-3-7-12;1-2-3-8-17-9-16-14-12(13(17)15)10-6-4-5-7-11(10)18-14/h1-3,6-7,11,18H,4-5,8-10H2;9,15H,2-8H2,1H3. The maximum Gasteiger partial charge on any atom is 0.136 e. The zero-order valence-corrected chi connectivity index (χ0v) is 24.3. The minimum atomic E-state index is 0.614. The number of unbranched alkanes of at least 4 members (excludes halogenated alkanes) is 1. The first-order valence-corrected chi connectivity index (χ1v) is 15.9. The minimum Gasteiger partial charge on any atom is -0.317 e. The monoisotopic (exact) mass is 556 g/mol. The lowest BCUT2D eigenvalue weighted by atomic mass is 9.97. The molecular formula is C31H36N6S2. The summed E-state index contributed by atoms with van der Waals surface area (Å²) in [5.41, 5.74) is 5.31. The maximum atomic E-state index is 8.58. The number of benzene rings is 1. The SMILES string of the molecule is CCCCn1cnc2sc3c(c2c1=N)CCCC3.N=c1c2c3c(sc2ncn1Cc1ccccc1)CCCC3. The van der Waals surface area contributed by atoms with E-state index in [0.717, 1.165) is 59.1 Å². The third-order valence-corrected chi connectivity index (χ3v) is 10.3. The van der Waals surface area contributed by atoms with Gasteiger partial charge in [-0.25, -0.2) is 9.97 Å². The zero-order chi connectivity index (χ0) is 26.8. The molecule has 0 unspecified atom stereocenters. The first-order chi connectivity index (χ1) is 19.1. The predicted molar refractivity (Wildman–Crippen MR) is 161 cm³/mol. The van der Waals surface area contributed by atoms with Gasteiger partial charge in [-0.15, -0.1) is 22.7 Å². The lowest BCUT2D eigenvalue weighted by molar-refractivity contribution is 0.596. The molecule has 0 bridgehead atoms. The molecule has 2 aliphatic carbocycles. The van der Waals surface area contributed by atoms with Gasteiger partial charge in [-0.2, -0.15) is 0 Å². The zero-order valence-electron chi connectivity index (χ0n) is 22.6. The first kappa shape index (κ1) is 26.1. The smallest absolute Gasteiger partial charge is 0.136 e. The van der Waals surface area contributed by atoms with Crippen molar-refractivity contribution in [2.45, 2.75) is 84.2 Å². The maximum absolute atomic E-state index is 8.58. The molecule has 0 atom stereocenters. The van der Waals surface area contributed by atoms with Crippen LogP contribution in [0.25, 0.3) is 20.4 Å². The second-order valence-electron chi connectivity index (χ2n) is 10.6. The summed E-state index contributed by atoms with van der Waals surface area (Å²) in [6.07, 6.45) is 15.6. The van der Waals surface area contributed by atoms with Crippen LogP contribution in [-0.4, -0.2) is 19.1 Å². The van der Waals surface area contributed by atoms with Crippen LogP contribution < -0.4 is 11.0 Å². The molecule has 0 fully saturated rings. The van der Waals surface area contributed by atoms with Crippen LogP contribution in [0.3, 0.4) is 0 Å². The van der Waals surface area contributed by atoms with Crippen molar-refractivity contribution in [3.8, 4) is 0 Å². The van der Waals surface area contributed by atoms with Crippen LogP contribution in [0.15, 0.2) is 43.0 Å². The van der Waals surface area contributed by atoms with Crippen LogP contribution in [0.2, 0.25) is 0 Å². The van der Waals surface area contributed by atoms with Crippen LogP contribution >= 0.6 is 22.7 Å². The third kappa shape index (κ3) is 5.24. The molecule has 5 aromatic rings. The van der Waals surface area contributed by atoms with Crippen molar-refractivity contribution in [1.29, 1.82) is 10.8 Å². The van der Waals surface area contributed by atoms with E-state index in [-0.39, 0.29) is 0 Å². The van der Waals surface area contributed by atoms with E-state index in [2.05, 4.69) is 29.0 Å². The van der Waals surface area contributed by atoms with E-state index >= 15 is 0 Å². The number of nitrogens with zero attached hydrogens (tertiary/aromatic N) is 4. The van der Waals surface area contributed by atoms with Gasteiger partial charge in [0.15, 0.2) is 0 Å². The fraction of sp³-hybridized carbons (Fsp3) is 0.419. The number of hydrogen-bond acceptors (Lipinski definition) is 6. The Morgan fingerprint density at radius 2 is 1.28 bits per heavy atom. The van der Waals surface area contributed by atoms with Crippen LogP contribution in [0.1, 0.15) is 71.9 Å². The van der Waals surface area contributed by atoms with E-state index in [9.17, 15) is 0 Å². The van der Waals surface area contributed by atoms with Gasteiger partial charge < -0.3 is 9.13 Å². The van der Waals surface area contributed by atoms with E-state index < -0.39 is 0 Å². The number of thiophene rings is 2. The van der Waals surface area contributed by atoms with E-state index in [1.165, 1.54) is 58.5 Å². The molecule has 0 amide bonds. The molecule has 7 rings (SSSR count). The van der Waals surface area contributed by atoms with E-state index in [1.807, 2.05) is 40.0 Å². The molecule has 2 aliphatic rings. The minimum absolute atomic E-state index is 0.614. The second kappa shape index (κ2) is 11.6. The Kier molecular flexibility index (Phi) is 7.75. The molecule has 4 heterocycles. The molecule has 0 radical (unpaired) electrons. The molecule has 8 heteroatoms. The average molecular weight is 557 g/mol. The van der Waals surface area contributed by atoms with Crippen molar-refractivity contribution < 1.29 is 0 Å². The Balaban J connectivity index is 0.000000144. The summed E-state index contributed by atoms with van der Waals surface area (Å²) in [4.78, 5) is 14.2. The Morgan fingerprint density at radius 1 is 0.744 bits per heavy atom. The van der Waals surface area contributed by atoms with Crippen molar-refractivity contribution in [3.63, 3.8) is 0 Å². The summed E-state index contributed by atoms with van der Waals surface area (Å²) in [5.74, 6) is 0. The number of hydrogen-bond donors (Lipinski definition) is 2. The number of aryl methyl sites for hydroxylation is 5. The Morgan fingerprint density at radius 3 is 1.87 bits per heavy atom. The number of rotatable bonds is 5. The van der Waals surface area contributed by atoms with Gasteiger partial charge in [0.1, 0.15) is 20.6 Å². The number of fused-ring (bicyclic) bond motifs is 6. The van der Waals surface area contributed by atoms with Gasteiger partial charge in [-0.1, -0.05) is 43.7 Å². The molecule has 0 spiro atoms. The molecule has 0 saturated heterocycles. The average Bonchev–Trinajstić information content (AvgIpc) is 3.54. The lowest BCUT2D eigenvalue weighted by Gasteiger charge is -2.11. The quantitative estimate of drug-likeness (QED) is 0.251. The van der Waals surface area contributed by atoms with Gasteiger partial charge in [-0.3, -0.25) is 10.8 Å². The van der Waals surface area contributed by atoms with Crippen LogP contribution in [-0.2, 0) is 38.8 Å². The molecule has 202 valence electrons. The molecule has 39 heavy (non-hydrogen) atoms. The summed E-state index contributed by atoms with van der Waals surface area (Å²) in [7, 11) is 0. The summed E-state index contributed by atoms with van der Waals surface area (Å²) < 4.78 is 3.96. The summed E-state index contributed by atoms with van der Waals surface area (Å²) in [5, 5.41) is 19.2. The van der Waals surface area contributed by atoms with Gasteiger partial charge in [0.25, 0.3) is 0 Å². The van der Waals surface area contributed by atoms with Gasteiger partial charge in [0, 0.05) is 16.3 Å². The molecule has 0 saturated carbocycles. The Hall–Kier alpha value is -3.10. The van der Waals surface area contributed by atoms with Crippen molar-refractivity contribution in [2.75, 3.05) is 0 Å². The number of nitrogens with one attached hydrogen (secondary N) is 2. The fourth-order valence-electron chi connectivity index (χ4n) is 5.82. The molecule has 1 aromatic carbocycles. The van der Waals surface area contributed by atoms with Crippen LogP contribution in [0.5, 0.6) is 0 Å². The van der Waals surface area contributed by atoms with Gasteiger partial charge in [0.05, 0.1) is 30.0 Å². The second-order valence-corrected chi connectivity index (χ2v) is 12.8. The number of aromatic nitrogens is 4. The van der Waals surface area contributed by atoms with Crippen molar-refractivity contribution in [3.05, 3.63) is 80.4 Å². The topological polar surface area (TPSA) is 83.3 Å². The summed E-state index contributed by atoms with van der Waals surface area (Å²) in [6.45, 7) is 3.82. The normalized spacial score (nSPS) is 14.6. The van der Waals surface area contributed by atoms with Gasteiger partial charge >= 0.3 is 0 Å². The first-order valence-electron chi connectivity index (χ1n) is 14.3. The highest BCUT2D eigenvalue weighted by atomic mass is 32.1. The van der Waals surface area contributed by atoms with Crippen molar-refractivity contribution in [2.24, 2.45) is 0 Å². The van der Waals surface area contributed by atoms with Gasteiger partial charge in [0.2, 0.25) is 0 Å². The van der Waals surface area contributed by atoms with E-state index in [4.69, 9.17) is 10.8 Å². The predicted octanol–water partition coefficient (Wildman–Crippen LogP) is 6.76. The molecular weight excluding hydrogens is 521 g/mol. The van der Waals surface area contributed by atoms with Crippen molar-refractivity contribution in [1.82, 2.24) is 19.1 Å². The van der Waals surface area contributed by atoms with Gasteiger partial charge in [-0.05, 0) is 74.5 Å². The summed E-state index contributed by atoms with van der Waals surface area (Å²) >= 11 is 3.59. The molecule has 0 aliphatic heterocycles. The van der Waals surface area contributed by atoms with E-state index in [1.54, 1.807) is 22.7 Å². The highest BCUT2D eigenvalue weighted by molar-refractivity contribution is 7.19. The Bertz CT molecular complexity index is 1720. The van der Waals surface area contributed by atoms with Crippen LogP contribution in [0.4, 0.5) is 0 Å².